The normalized spacial score (nSPS) is 11.5. The Labute approximate surface area is 295 Å². The van der Waals surface area contributed by atoms with Crippen LogP contribution in [0.2, 0.25) is 0 Å². The van der Waals surface area contributed by atoms with Crippen molar-refractivity contribution in [3.05, 3.63) is 188 Å². The van der Waals surface area contributed by atoms with Crippen molar-refractivity contribution in [3.8, 4) is 28.3 Å². The van der Waals surface area contributed by atoms with E-state index in [0.29, 0.717) is 5.89 Å². The number of oxazole rings is 1. The van der Waals surface area contributed by atoms with Crippen LogP contribution in [0.4, 0.5) is 17.1 Å². The zero-order chi connectivity index (χ0) is 33.7. The van der Waals surface area contributed by atoms with Gasteiger partial charge in [0.15, 0.2) is 5.58 Å². The maximum atomic E-state index is 6.14. The van der Waals surface area contributed by atoms with Gasteiger partial charge < -0.3 is 13.9 Å². The molecule has 0 N–H and O–H groups in total. The average Bonchev–Trinajstić information content (AvgIpc) is 3.79. The largest absolute Gasteiger partial charge is 0.436 e. The summed E-state index contributed by atoms with van der Waals surface area (Å²) in [6, 6.07) is 66.4. The van der Waals surface area contributed by atoms with E-state index in [0.717, 1.165) is 61.3 Å². The van der Waals surface area contributed by atoms with E-state index in [1.807, 2.05) is 36.4 Å². The number of hydrogen-bond acceptors (Lipinski definition) is 3. The van der Waals surface area contributed by atoms with Crippen LogP contribution < -0.4 is 4.90 Å². The number of benzene rings is 8. The number of fused-ring (bicyclic) bond motifs is 6. The Morgan fingerprint density at radius 1 is 0.431 bits per heavy atom. The fraction of sp³-hybridized carbons (Fsp3) is 0. The lowest BCUT2D eigenvalue weighted by Crippen LogP contribution is -2.10. The van der Waals surface area contributed by atoms with Gasteiger partial charge in [0.25, 0.3) is 0 Å². The van der Waals surface area contributed by atoms with Crippen molar-refractivity contribution in [2.45, 2.75) is 0 Å². The number of rotatable bonds is 6. The van der Waals surface area contributed by atoms with Gasteiger partial charge in [-0.1, -0.05) is 109 Å². The summed E-state index contributed by atoms with van der Waals surface area (Å²) in [4.78, 5) is 7.22. The van der Waals surface area contributed by atoms with E-state index in [4.69, 9.17) is 9.40 Å². The second-order valence-electron chi connectivity index (χ2n) is 12.8. The summed E-state index contributed by atoms with van der Waals surface area (Å²) in [5.74, 6) is 0.640. The van der Waals surface area contributed by atoms with E-state index in [1.165, 1.54) is 21.8 Å². The smallest absolute Gasteiger partial charge is 0.227 e. The molecule has 10 rings (SSSR count). The molecule has 0 aliphatic carbocycles. The highest BCUT2D eigenvalue weighted by atomic mass is 16.3. The van der Waals surface area contributed by atoms with Crippen LogP contribution in [-0.4, -0.2) is 9.55 Å². The molecule has 51 heavy (non-hydrogen) atoms. The van der Waals surface area contributed by atoms with Crippen LogP contribution >= 0.6 is 0 Å². The molecule has 4 nitrogen and oxygen atoms in total. The van der Waals surface area contributed by atoms with Crippen LogP contribution in [0.15, 0.2) is 192 Å². The summed E-state index contributed by atoms with van der Waals surface area (Å²) in [6.45, 7) is 0. The van der Waals surface area contributed by atoms with Crippen molar-refractivity contribution in [1.82, 2.24) is 9.55 Å². The Morgan fingerprint density at radius 2 is 1.06 bits per heavy atom. The number of nitrogens with zero attached hydrogens (tertiary/aromatic N) is 3. The third-order valence-corrected chi connectivity index (χ3v) is 9.80. The van der Waals surface area contributed by atoms with Gasteiger partial charge in [0.05, 0.1) is 11.0 Å². The van der Waals surface area contributed by atoms with Gasteiger partial charge in [0, 0.05) is 44.5 Å². The molecular weight excluding hydrogens is 623 g/mol. The summed E-state index contributed by atoms with van der Waals surface area (Å²) < 4.78 is 8.51. The molecule has 0 spiro atoms. The molecule has 0 aliphatic rings. The van der Waals surface area contributed by atoms with E-state index in [1.54, 1.807) is 0 Å². The van der Waals surface area contributed by atoms with Gasteiger partial charge in [0.2, 0.25) is 5.89 Å². The molecule has 0 amide bonds. The van der Waals surface area contributed by atoms with Gasteiger partial charge in [0.1, 0.15) is 5.52 Å². The summed E-state index contributed by atoms with van der Waals surface area (Å²) in [6.07, 6.45) is 0. The van der Waals surface area contributed by atoms with Gasteiger partial charge in [-0.3, -0.25) is 0 Å². The van der Waals surface area contributed by atoms with E-state index in [2.05, 4.69) is 161 Å². The van der Waals surface area contributed by atoms with Gasteiger partial charge in [-0.25, -0.2) is 4.98 Å². The van der Waals surface area contributed by atoms with E-state index in [9.17, 15) is 0 Å². The van der Waals surface area contributed by atoms with E-state index >= 15 is 0 Å². The summed E-state index contributed by atoms with van der Waals surface area (Å²) in [7, 11) is 0. The molecule has 0 unspecified atom stereocenters. The number of aromatic nitrogens is 2. The standard InChI is InChI=1S/C47H31N3O/c1-4-12-33(13-5-1)47-48-46-40-27-22-34(30-35(40)23-29-45(46)51-47)32-20-24-38(25-21-32)49(36-14-6-2-7-15-36)39-26-28-42-41-18-10-11-19-43(41)50(44(42)31-39)37-16-8-3-9-17-37/h1-31H. The maximum Gasteiger partial charge on any atom is 0.227 e. The van der Waals surface area contributed by atoms with Crippen molar-refractivity contribution in [2.24, 2.45) is 0 Å². The Balaban J connectivity index is 1.05. The zero-order valence-electron chi connectivity index (χ0n) is 27.6. The van der Waals surface area contributed by atoms with Crippen molar-refractivity contribution in [1.29, 1.82) is 0 Å². The maximum absolute atomic E-state index is 6.14. The van der Waals surface area contributed by atoms with Gasteiger partial charge >= 0.3 is 0 Å². The molecular formula is C47H31N3O. The van der Waals surface area contributed by atoms with Crippen LogP contribution in [0, 0.1) is 0 Å². The highest BCUT2D eigenvalue weighted by Gasteiger charge is 2.18. The van der Waals surface area contributed by atoms with Crippen LogP contribution in [0.3, 0.4) is 0 Å². The lowest BCUT2D eigenvalue weighted by Gasteiger charge is -2.26. The molecule has 0 radical (unpaired) electrons. The Hall–Kier alpha value is -6.91. The monoisotopic (exact) mass is 653 g/mol. The lowest BCUT2D eigenvalue weighted by atomic mass is 10.00. The fourth-order valence-corrected chi connectivity index (χ4v) is 7.38. The number of hydrogen-bond donors (Lipinski definition) is 0. The predicted octanol–water partition coefficient (Wildman–Crippen LogP) is 12.9. The highest BCUT2D eigenvalue weighted by Crippen LogP contribution is 2.40. The van der Waals surface area contributed by atoms with Crippen LogP contribution in [0.25, 0.3) is 71.9 Å². The Kier molecular flexibility index (Phi) is 6.78. The van der Waals surface area contributed by atoms with Crippen molar-refractivity contribution < 1.29 is 4.42 Å². The molecule has 4 heteroatoms. The minimum absolute atomic E-state index is 0.640. The third-order valence-electron chi connectivity index (χ3n) is 9.80. The first-order chi connectivity index (χ1) is 25.3. The molecule has 2 heterocycles. The van der Waals surface area contributed by atoms with E-state index < -0.39 is 0 Å². The minimum atomic E-state index is 0.640. The quantitative estimate of drug-likeness (QED) is 0.179. The second-order valence-corrected chi connectivity index (χ2v) is 12.8. The molecule has 8 aromatic carbocycles. The highest BCUT2D eigenvalue weighted by molar-refractivity contribution is 6.10. The summed E-state index contributed by atoms with van der Waals surface area (Å²) >= 11 is 0. The van der Waals surface area contributed by atoms with Crippen LogP contribution in [0.1, 0.15) is 0 Å². The van der Waals surface area contributed by atoms with Gasteiger partial charge in [-0.15, -0.1) is 0 Å². The summed E-state index contributed by atoms with van der Waals surface area (Å²) in [5, 5.41) is 4.69. The number of anilines is 3. The predicted molar refractivity (Wildman–Crippen MR) is 211 cm³/mol. The van der Waals surface area contributed by atoms with Crippen LogP contribution in [0.5, 0.6) is 0 Å². The zero-order valence-corrected chi connectivity index (χ0v) is 27.6. The molecule has 0 bridgehead atoms. The Bertz CT molecular complexity index is 2840. The molecule has 0 saturated carbocycles. The first-order valence-corrected chi connectivity index (χ1v) is 17.2. The third kappa shape index (κ3) is 4.96. The molecule has 2 aromatic heterocycles. The molecule has 0 aliphatic heterocycles. The lowest BCUT2D eigenvalue weighted by molar-refractivity contribution is 0.620. The second kappa shape index (κ2) is 11.9. The SMILES string of the molecule is c1ccc(-c2nc3c(ccc4cc(-c5ccc(N(c6ccccc6)c6ccc7c8ccccc8n(-c8ccccc8)c7c6)cc5)ccc43)o2)cc1. The Morgan fingerprint density at radius 3 is 1.86 bits per heavy atom. The molecule has 0 saturated heterocycles. The fourth-order valence-electron chi connectivity index (χ4n) is 7.38. The van der Waals surface area contributed by atoms with Crippen molar-refractivity contribution >= 4 is 60.7 Å². The van der Waals surface area contributed by atoms with Gasteiger partial charge in [-0.2, -0.15) is 0 Å². The average molecular weight is 654 g/mol. The van der Waals surface area contributed by atoms with E-state index in [-0.39, 0.29) is 0 Å². The first kappa shape index (κ1) is 29.0. The first-order valence-electron chi connectivity index (χ1n) is 17.2. The van der Waals surface area contributed by atoms with Crippen molar-refractivity contribution in [2.75, 3.05) is 4.90 Å². The number of para-hydroxylation sites is 3. The summed E-state index contributed by atoms with van der Waals surface area (Å²) in [5.41, 5.74) is 11.8. The molecule has 240 valence electrons. The molecule has 0 fully saturated rings. The molecule has 10 aromatic rings. The topological polar surface area (TPSA) is 34.2 Å². The minimum Gasteiger partial charge on any atom is -0.436 e. The molecule has 0 atom stereocenters. The van der Waals surface area contributed by atoms with Gasteiger partial charge in [-0.05, 0) is 95.4 Å². The van der Waals surface area contributed by atoms with Crippen molar-refractivity contribution in [3.63, 3.8) is 0 Å². The van der Waals surface area contributed by atoms with Crippen LogP contribution in [-0.2, 0) is 0 Å².